The topological polar surface area (TPSA) is 95.9 Å². The number of ether oxygens (including phenoxy) is 1. The first-order chi connectivity index (χ1) is 28.5. The molecule has 0 aromatic carbocycles. The van der Waals surface area contributed by atoms with Crippen LogP contribution in [0.2, 0.25) is 0 Å². The predicted octanol–water partition coefficient (Wildman–Crippen LogP) is 14.9. The summed E-state index contributed by atoms with van der Waals surface area (Å²) in [5.74, 6) is -0.499. The summed E-state index contributed by atoms with van der Waals surface area (Å²) in [5.41, 5.74) is 0. The number of aliphatic hydroxyl groups excluding tert-OH is 2. The zero-order valence-corrected chi connectivity index (χ0v) is 38.7. The number of hydrogen-bond acceptors (Lipinski definition) is 5. The van der Waals surface area contributed by atoms with Crippen molar-refractivity contribution in [1.29, 1.82) is 0 Å². The number of aliphatic hydroxyl groups is 2. The molecule has 6 heteroatoms. The minimum atomic E-state index is -0.793. The normalized spacial score (nSPS) is 13.5. The van der Waals surface area contributed by atoms with E-state index in [1.165, 1.54) is 141 Å². The number of amides is 1. The summed E-state index contributed by atoms with van der Waals surface area (Å²) in [6, 6.07) is -0.708. The lowest BCUT2D eigenvalue weighted by molar-refractivity contribution is -0.151. The van der Waals surface area contributed by atoms with Crippen molar-refractivity contribution in [3.05, 3.63) is 36.5 Å². The average Bonchev–Trinajstić information content (AvgIpc) is 3.22. The van der Waals surface area contributed by atoms with Gasteiger partial charge in [-0.15, -0.1) is 0 Å². The molecular formula is C52H97NO5. The van der Waals surface area contributed by atoms with Crippen molar-refractivity contribution in [3.63, 3.8) is 0 Å². The number of unbranched alkanes of at least 4 members (excludes halogenated alkanes) is 29. The summed E-state index contributed by atoms with van der Waals surface area (Å²) in [5, 5.41) is 23.6. The highest BCUT2D eigenvalue weighted by molar-refractivity contribution is 5.77. The molecule has 3 unspecified atom stereocenters. The highest BCUT2D eigenvalue weighted by Gasteiger charge is 2.24. The van der Waals surface area contributed by atoms with Crippen LogP contribution >= 0.6 is 0 Å². The van der Waals surface area contributed by atoms with Gasteiger partial charge in [0.25, 0.3) is 0 Å². The Hall–Kier alpha value is -1.92. The minimum absolute atomic E-state index is 0.0582. The molecule has 6 nitrogen and oxygen atoms in total. The van der Waals surface area contributed by atoms with Gasteiger partial charge >= 0.3 is 5.97 Å². The number of hydrogen-bond donors (Lipinski definition) is 3. The van der Waals surface area contributed by atoms with Crippen LogP contribution in [-0.2, 0) is 14.3 Å². The number of esters is 1. The Kier molecular flexibility index (Phi) is 44.6. The smallest absolute Gasteiger partial charge is 0.306 e. The van der Waals surface area contributed by atoms with Gasteiger partial charge in [-0.3, -0.25) is 9.59 Å². The number of rotatable bonds is 45. The third-order valence-electron chi connectivity index (χ3n) is 11.5. The molecule has 0 aromatic rings. The van der Waals surface area contributed by atoms with Crippen molar-refractivity contribution in [2.45, 2.75) is 277 Å². The first-order valence-electron chi connectivity index (χ1n) is 25.2. The van der Waals surface area contributed by atoms with Crippen LogP contribution in [0.1, 0.15) is 258 Å². The van der Waals surface area contributed by atoms with Crippen LogP contribution in [0, 0.1) is 0 Å². The highest BCUT2D eigenvalue weighted by Crippen LogP contribution is 2.17. The van der Waals surface area contributed by atoms with Crippen LogP contribution in [0.4, 0.5) is 0 Å². The summed E-state index contributed by atoms with van der Waals surface area (Å²) in [7, 11) is 0. The van der Waals surface area contributed by atoms with Crippen LogP contribution in [0.3, 0.4) is 0 Å². The van der Waals surface area contributed by atoms with Gasteiger partial charge in [0, 0.05) is 6.42 Å². The number of nitrogens with one attached hydrogen (secondary N) is 1. The monoisotopic (exact) mass is 816 g/mol. The molecule has 0 fully saturated rings. The number of allylic oxidation sites excluding steroid dienone is 6. The van der Waals surface area contributed by atoms with Crippen LogP contribution < -0.4 is 5.32 Å². The molecule has 0 aliphatic heterocycles. The van der Waals surface area contributed by atoms with Crippen LogP contribution in [0.5, 0.6) is 0 Å². The van der Waals surface area contributed by atoms with E-state index in [2.05, 4.69) is 62.5 Å². The van der Waals surface area contributed by atoms with Crippen LogP contribution in [0.25, 0.3) is 0 Å². The fraction of sp³-hybridized carbons (Fsp3) is 0.846. The Bertz CT molecular complexity index is 961. The molecule has 0 aromatic heterocycles. The maximum absolute atomic E-state index is 13.2. The Labute approximate surface area is 360 Å². The van der Waals surface area contributed by atoms with E-state index >= 15 is 0 Å². The van der Waals surface area contributed by atoms with E-state index < -0.39 is 18.2 Å². The summed E-state index contributed by atoms with van der Waals surface area (Å²) in [6.45, 7) is 6.44. The van der Waals surface area contributed by atoms with Gasteiger partial charge in [0.1, 0.15) is 6.10 Å². The fourth-order valence-electron chi connectivity index (χ4n) is 7.67. The summed E-state index contributed by atoms with van der Waals surface area (Å²) < 4.78 is 5.91. The first kappa shape index (κ1) is 56.1. The van der Waals surface area contributed by atoms with E-state index in [0.717, 1.165) is 70.6 Å². The molecule has 0 bridgehead atoms. The molecule has 58 heavy (non-hydrogen) atoms. The lowest BCUT2D eigenvalue weighted by Gasteiger charge is -2.24. The molecule has 0 saturated heterocycles. The average molecular weight is 816 g/mol. The second-order valence-electron chi connectivity index (χ2n) is 17.3. The maximum atomic E-state index is 13.2. The Morgan fingerprint density at radius 2 is 0.879 bits per heavy atom. The van der Waals surface area contributed by atoms with Crippen LogP contribution in [0.15, 0.2) is 36.5 Å². The Morgan fingerprint density at radius 3 is 1.33 bits per heavy atom. The van der Waals surface area contributed by atoms with Crippen LogP contribution in [-0.4, -0.2) is 46.9 Å². The van der Waals surface area contributed by atoms with Gasteiger partial charge in [-0.1, -0.05) is 231 Å². The maximum Gasteiger partial charge on any atom is 0.306 e. The zero-order chi connectivity index (χ0) is 42.4. The van der Waals surface area contributed by atoms with Gasteiger partial charge in [-0.05, 0) is 51.4 Å². The van der Waals surface area contributed by atoms with Gasteiger partial charge in [0.2, 0.25) is 5.91 Å². The molecule has 0 spiro atoms. The summed E-state index contributed by atoms with van der Waals surface area (Å²) in [6.07, 6.45) is 53.5. The molecule has 3 atom stereocenters. The quantitative estimate of drug-likeness (QED) is 0.0323. The summed E-state index contributed by atoms with van der Waals surface area (Å²) in [4.78, 5) is 26.1. The minimum Gasteiger partial charge on any atom is -0.462 e. The van der Waals surface area contributed by atoms with E-state index in [-0.39, 0.29) is 24.9 Å². The first-order valence-corrected chi connectivity index (χ1v) is 25.2. The molecule has 0 aliphatic rings. The molecule has 0 saturated carbocycles. The second kappa shape index (κ2) is 46.2. The van der Waals surface area contributed by atoms with Crippen molar-refractivity contribution >= 4 is 11.9 Å². The molecule has 0 heterocycles. The third-order valence-corrected chi connectivity index (χ3v) is 11.5. The van der Waals surface area contributed by atoms with Gasteiger partial charge in [0.15, 0.2) is 0 Å². The molecule has 0 rings (SSSR count). The fourth-order valence-corrected chi connectivity index (χ4v) is 7.67. The molecule has 0 aliphatic carbocycles. The van der Waals surface area contributed by atoms with Crippen molar-refractivity contribution in [2.75, 3.05) is 6.61 Å². The van der Waals surface area contributed by atoms with Gasteiger partial charge in [-0.25, -0.2) is 0 Å². The van der Waals surface area contributed by atoms with E-state index in [4.69, 9.17) is 4.74 Å². The lowest BCUT2D eigenvalue weighted by atomic mass is 10.0. The van der Waals surface area contributed by atoms with Gasteiger partial charge in [0.05, 0.1) is 25.2 Å². The molecule has 340 valence electrons. The van der Waals surface area contributed by atoms with E-state index in [0.29, 0.717) is 19.3 Å². The van der Waals surface area contributed by atoms with Gasteiger partial charge < -0.3 is 20.3 Å². The predicted molar refractivity (Wildman–Crippen MR) is 250 cm³/mol. The van der Waals surface area contributed by atoms with E-state index in [1.54, 1.807) is 0 Å². The zero-order valence-electron chi connectivity index (χ0n) is 38.7. The van der Waals surface area contributed by atoms with Crippen molar-refractivity contribution in [1.82, 2.24) is 5.32 Å². The molecule has 3 N–H and O–H groups in total. The highest BCUT2D eigenvalue weighted by atomic mass is 16.5. The van der Waals surface area contributed by atoms with Crippen molar-refractivity contribution in [2.24, 2.45) is 0 Å². The standard InChI is InChI=1S/C52H97NO5/c1-4-7-10-13-16-19-21-23-25-26-27-29-32-34-37-40-43-48(58-52(57)45-42-39-36-33-30-28-24-22-20-17-14-11-8-5-2)46-51(56)53-49(47-54)50(55)44-41-38-35-31-18-15-12-9-6-3/h21,23,25-27,29,48-50,54-55H,4-20,22,24,28,30-47H2,1-3H3,(H,53,56)/b23-21+,26-25+,29-27+. The van der Waals surface area contributed by atoms with E-state index in [9.17, 15) is 19.8 Å². The van der Waals surface area contributed by atoms with Crippen molar-refractivity contribution < 1.29 is 24.5 Å². The molecule has 1 amide bonds. The van der Waals surface area contributed by atoms with Gasteiger partial charge in [-0.2, -0.15) is 0 Å². The molecular weight excluding hydrogens is 719 g/mol. The Balaban J connectivity index is 4.64. The lowest BCUT2D eigenvalue weighted by Crippen LogP contribution is -2.46. The Morgan fingerprint density at radius 1 is 0.500 bits per heavy atom. The summed E-state index contributed by atoms with van der Waals surface area (Å²) >= 11 is 0. The number of carbonyl (C=O) groups excluding carboxylic acids is 2. The van der Waals surface area contributed by atoms with Crippen molar-refractivity contribution in [3.8, 4) is 0 Å². The largest absolute Gasteiger partial charge is 0.462 e. The molecule has 0 radical (unpaired) electrons. The third kappa shape index (κ3) is 40.8. The number of carbonyl (C=O) groups is 2. The SMILES string of the molecule is CCCCCCC/C=C/C=C/C=C/CCCCCC(CC(=O)NC(CO)C(O)CCCCCCCCCCC)OC(=O)CCCCCCCCCCCCCCCC. The van der Waals surface area contributed by atoms with E-state index in [1.807, 2.05) is 0 Å². The second-order valence-corrected chi connectivity index (χ2v) is 17.3.